The van der Waals surface area contributed by atoms with Crippen molar-refractivity contribution in [3.05, 3.63) is 28.0 Å². The second-order valence-electron chi connectivity index (χ2n) is 6.56. The fraction of sp³-hybridized carbons (Fsp3) is 0.688. The summed E-state index contributed by atoms with van der Waals surface area (Å²) in [6, 6.07) is 2.51. The summed E-state index contributed by atoms with van der Waals surface area (Å²) in [6.07, 6.45) is 3.22. The van der Waals surface area contributed by atoms with Gasteiger partial charge in [-0.15, -0.1) is 0 Å². The number of nitro groups is 1. The third kappa shape index (κ3) is 5.35. The van der Waals surface area contributed by atoms with Gasteiger partial charge in [-0.05, 0) is 43.7 Å². The molecule has 1 N–H and O–H groups in total. The summed E-state index contributed by atoms with van der Waals surface area (Å²) in [4.78, 5) is 24.1. The second-order valence-corrected chi connectivity index (χ2v) is 6.56. The number of hydrogen-bond acceptors (Lipinski definition) is 5. The van der Waals surface area contributed by atoms with Crippen LogP contribution in [0.1, 0.15) is 43.7 Å². The maximum absolute atomic E-state index is 11.8. The van der Waals surface area contributed by atoms with Crippen molar-refractivity contribution >= 4 is 11.8 Å². The smallest absolute Gasteiger partial charge is 0.395 e. The summed E-state index contributed by atoms with van der Waals surface area (Å²) in [5.74, 6) is 0.679. The first kappa shape index (κ1) is 17.5. The van der Waals surface area contributed by atoms with E-state index in [0.29, 0.717) is 6.54 Å². The predicted octanol–water partition coefficient (Wildman–Crippen LogP) is 2.68. The minimum Gasteiger partial charge on any atom is -0.395 e. The van der Waals surface area contributed by atoms with Crippen LogP contribution in [-0.4, -0.2) is 41.9 Å². The summed E-state index contributed by atoms with van der Waals surface area (Å²) >= 11 is 0. The van der Waals surface area contributed by atoms with Crippen LogP contribution in [0.15, 0.2) is 16.5 Å². The Bertz CT molecular complexity index is 533. The average molecular weight is 323 g/mol. The van der Waals surface area contributed by atoms with Gasteiger partial charge in [0.25, 0.3) is 5.91 Å². The van der Waals surface area contributed by atoms with E-state index in [4.69, 9.17) is 4.42 Å². The Morgan fingerprint density at radius 1 is 1.35 bits per heavy atom. The van der Waals surface area contributed by atoms with Crippen molar-refractivity contribution in [2.45, 2.75) is 33.1 Å². The normalized spacial score (nSPS) is 22.0. The first-order chi connectivity index (χ1) is 11.0. The van der Waals surface area contributed by atoms with Gasteiger partial charge in [-0.3, -0.25) is 14.9 Å². The molecule has 1 fully saturated rings. The standard InChI is InChI=1S/C16H25N3O4/c1-12-9-13(2)11-18(10-12)8-4-3-7-17-16(20)14-5-6-15(23-14)19(21)22/h5-6,12-13H,3-4,7-11H2,1-2H3,(H,17,20). The molecule has 1 aromatic rings. The Morgan fingerprint density at radius 3 is 2.65 bits per heavy atom. The molecule has 1 aromatic heterocycles. The zero-order chi connectivity index (χ0) is 16.8. The lowest BCUT2D eigenvalue weighted by Crippen LogP contribution is -2.39. The van der Waals surface area contributed by atoms with Crippen LogP contribution in [0.5, 0.6) is 0 Å². The number of carbonyl (C=O) groups excluding carboxylic acids is 1. The van der Waals surface area contributed by atoms with Crippen molar-refractivity contribution in [2.75, 3.05) is 26.2 Å². The van der Waals surface area contributed by atoms with Gasteiger partial charge < -0.3 is 14.6 Å². The van der Waals surface area contributed by atoms with E-state index in [2.05, 4.69) is 24.1 Å². The fourth-order valence-electron chi connectivity index (χ4n) is 3.27. The van der Waals surface area contributed by atoms with Crippen LogP contribution < -0.4 is 5.32 Å². The molecular formula is C16H25N3O4. The number of nitrogens with one attached hydrogen (secondary N) is 1. The molecule has 7 nitrogen and oxygen atoms in total. The number of furan rings is 1. The lowest BCUT2D eigenvalue weighted by atomic mass is 9.92. The van der Waals surface area contributed by atoms with E-state index in [1.807, 2.05) is 0 Å². The van der Waals surface area contributed by atoms with Crippen LogP contribution in [0, 0.1) is 22.0 Å². The fourth-order valence-corrected chi connectivity index (χ4v) is 3.27. The van der Waals surface area contributed by atoms with E-state index in [9.17, 15) is 14.9 Å². The average Bonchev–Trinajstić information content (AvgIpc) is 2.95. The SMILES string of the molecule is CC1CC(C)CN(CCCCNC(=O)c2ccc([N+](=O)[O-])o2)C1. The number of amides is 1. The number of unbranched alkanes of at least 4 members (excludes halogenated alkanes) is 1. The van der Waals surface area contributed by atoms with Crippen LogP contribution in [0.4, 0.5) is 5.88 Å². The molecule has 2 atom stereocenters. The van der Waals surface area contributed by atoms with Crippen molar-refractivity contribution in [3.8, 4) is 0 Å². The van der Waals surface area contributed by atoms with Crippen LogP contribution in [0.3, 0.4) is 0 Å². The third-order valence-electron chi connectivity index (χ3n) is 4.13. The van der Waals surface area contributed by atoms with E-state index < -0.39 is 16.7 Å². The molecule has 0 bridgehead atoms. The molecule has 1 aliphatic rings. The van der Waals surface area contributed by atoms with Gasteiger partial charge >= 0.3 is 5.88 Å². The molecule has 1 saturated heterocycles. The topological polar surface area (TPSA) is 88.6 Å². The van der Waals surface area contributed by atoms with Crippen molar-refractivity contribution in [2.24, 2.45) is 11.8 Å². The summed E-state index contributed by atoms with van der Waals surface area (Å²) < 4.78 is 4.86. The maximum atomic E-state index is 11.8. The molecule has 0 aliphatic carbocycles. The van der Waals surface area contributed by atoms with Crippen molar-refractivity contribution < 1.29 is 14.1 Å². The Balaban J connectivity index is 1.63. The predicted molar refractivity (Wildman–Crippen MR) is 86.3 cm³/mol. The Kier molecular flexibility index (Phi) is 6.15. The highest BCUT2D eigenvalue weighted by molar-refractivity contribution is 5.91. The zero-order valence-corrected chi connectivity index (χ0v) is 13.8. The number of carbonyl (C=O) groups is 1. The Labute approximate surface area is 136 Å². The zero-order valence-electron chi connectivity index (χ0n) is 13.8. The number of rotatable bonds is 7. The van der Waals surface area contributed by atoms with Crippen LogP contribution in [0.2, 0.25) is 0 Å². The highest BCUT2D eigenvalue weighted by atomic mass is 16.6. The van der Waals surface area contributed by atoms with Gasteiger partial charge in [0.1, 0.15) is 4.92 Å². The number of nitrogens with zero attached hydrogens (tertiary/aromatic N) is 2. The molecule has 1 amide bonds. The molecule has 0 spiro atoms. The minimum absolute atomic E-state index is 0.0182. The van der Waals surface area contributed by atoms with E-state index in [-0.39, 0.29) is 5.76 Å². The Morgan fingerprint density at radius 2 is 2.04 bits per heavy atom. The van der Waals surface area contributed by atoms with Crippen molar-refractivity contribution in [1.82, 2.24) is 10.2 Å². The highest BCUT2D eigenvalue weighted by Crippen LogP contribution is 2.21. The van der Waals surface area contributed by atoms with Gasteiger partial charge in [0, 0.05) is 19.6 Å². The van der Waals surface area contributed by atoms with Gasteiger partial charge in [0.05, 0.1) is 6.07 Å². The molecule has 0 radical (unpaired) electrons. The molecular weight excluding hydrogens is 298 g/mol. The molecule has 2 unspecified atom stereocenters. The van der Waals surface area contributed by atoms with E-state index in [1.54, 1.807) is 0 Å². The van der Waals surface area contributed by atoms with Crippen LogP contribution in [-0.2, 0) is 0 Å². The monoisotopic (exact) mass is 323 g/mol. The minimum atomic E-state index is -0.655. The molecule has 2 heterocycles. The lowest BCUT2D eigenvalue weighted by molar-refractivity contribution is -0.402. The quantitative estimate of drug-likeness (QED) is 0.473. The van der Waals surface area contributed by atoms with Gasteiger partial charge in [-0.2, -0.15) is 0 Å². The largest absolute Gasteiger partial charge is 0.433 e. The summed E-state index contributed by atoms with van der Waals surface area (Å²) in [6.45, 7) is 8.51. The van der Waals surface area contributed by atoms with Gasteiger partial charge in [0.15, 0.2) is 5.76 Å². The first-order valence-electron chi connectivity index (χ1n) is 8.20. The molecule has 0 saturated carbocycles. The summed E-state index contributed by atoms with van der Waals surface area (Å²) in [5.41, 5.74) is 0. The second kappa shape index (κ2) is 8.10. The van der Waals surface area contributed by atoms with Gasteiger partial charge in [0.2, 0.25) is 0 Å². The molecule has 23 heavy (non-hydrogen) atoms. The van der Waals surface area contributed by atoms with Crippen LogP contribution in [0.25, 0.3) is 0 Å². The number of likely N-dealkylation sites (tertiary alicyclic amines) is 1. The van der Waals surface area contributed by atoms with E-state index in [1.165, 1.54) is 18.6 Å². The molecule has 2 rings (SSSR count). The van der Waals surface area contributed by atoms with Crippen molar-refractivity contribution in [1.29, 1.82) is 0 Å². The number of hydrogen-bond donors (Lipinski definition) is 1. The van der Waals surface area contributed by atoms with Gasteiger partial charge in [-0.25, -0.2) is 0 Å². The molecule has 1 aliphatic heterocycles. The molecule has 128 valence electrons. The lowest BCUT2D eigenvalue weighted by Gasteiger charge is -2.34. The Hall–Kier alpha value is -1.89. The molecule has 7 heteroatoms. The number of piperidine rings is 1. The van der Waals surface area contributed by atoms with Gasteiger partial charge in [-0.1, -0.05) is 13.8 Å². The van der Waals surface area contributed by atoms with E-state index >= 15 is 0 Å². The summed E-state index contributed by atoms with van der Waals surface area (Å²) in [7, 11) is 0. The van der Waals surface area contributed by atoms with E-state index in [0.717, 1.165) is 44.3 Å². The summed E-state index contributed by atoms with van der Waals surface area (Å²) in [5, 5.41) is 13.2. The third-order valence-corrected chi connectivity index (χ3v) is 4.13. The maximum Gasteiger partial charge on any atom is 0.433 e. The first-order valence-corrected chi connectivity index (χ1v) is 8.20. The molecule has 0 aromatic carbocycles. The van der Waals surface area contributed by atoms with Crippen molar-refractivity contribution in [3.63, 3.8) is 0 Å². The highest BCUT2D eigenvalue weighted by Gasteiger charge is 2.21. The van der Waals surface area contributed by atoms with Crippen LogP contribution >= 0.6 is 0 Å².